The molecular weight excluding hydrogens is 277 g/mol. The van der Waals surface area contributed by atoms with E-state index in [-0.39, 0.29) is 5.82 Å². The highest BCUT2D eigenvalue weighted by Gasteiger charge is 2.24. The third-order valence-corrected chi connectivity index (χ3v) is 4.98. The highest BCUT2D eigenvalue weighted by atomic mass is 19.1. The van der Waals surface area contributed by atoms with Gasteiger partial charge in [-0.2, -0.15) is 0 Å². The molecule has 1 unspecified atom stereocenters. The molecule has 1 aromatic rings. The Morgan fingerprint density at radius 1 is 0.909 bits per heavy atom. The molecule has 0 spiro atoms. The molecule has 3 nitrogen and oxygen atoms in total. The molecule has 0 bridgehead atoms. The van der Waals surface area contributed by atoms with Gasteiger partial charge < -0.3 is 10.2 Å². The van der Waals surface area contributed by atoms with E-state index in [0.29, 0.717) is 6.04 Å². The predicted molar refractivity (Wildman–Crippen MR) is 88.5 cm³/mol. The SMILES string of the molecule is Fc1ccc(C(CN2CCCCCC2)N2CCNCC2)cc1. The van der Waals surface area contributed by atoms with Crippen LogP contribution in [0.5, 0.6) is 0 Å². The summed E-state index contributed by atoms with van der Waals surface area (Å²) >= 11 is 0. The second kappa shape index (κ2) is 8.04. The van der Waals surface area contributed by atoms with Crippen molar-refractivity contribution in [3.05, 3.63) is 35.6 Å². The van der Waals surface area contributed by atoms with E-state index < -0.39 is 0 Å². The summed E-state index contributed by atoms with van der Waals surface area (Å²) in [6.45, 7) is 7.76. The summed E-state index contributed by atoms with van der Waals surface area (Å²) in [6.07, 6.45) is 5.37. The number of nitrogens with one attached hydrogen (secondary N) is 1. The van der Waals surface area contributed by atoms with E-state index in [4.69, 9.17) is 0 Å². The zero-order valence-electron chi connectivity index (χ0n) is 13.4. The fraction of sp³-hybridized carbons (Fsp3) is 0.667. The van der Waals surface area contributed by atoms with Crippen LogP contribution in [0.1, 0.15) is 37.3 Å². The molecule has 3 rings (SSSR count). The molecule has 0 aromatic heterocycles. The van der Waals surface area contributed by atoms with Gasteiger partial charge in [0.25, 0.3) is 0 Å². The first-order valence-electron chi connectivity index (χ1n) is 8.75. The Labute approximate surface area is 133 Å². The lowest BCUT2D eigenvalue weighted by Crippen LogP contribution is -2.48. The summed E-state index contributed by atoms with van der Waals surface area (Å²) in [6, 6.07) is 7.54. The molecule has 2 saturated heterocycles. The van der Waals surface area contributed by atoms with Gasteiger partial charge in [-0.05, 0) is 43.6 Å². The van der Waals surface area contributed by atoms with Crippen molar-refractivity contribution in [1.29, 1.82) is 0 Å². The van der Waals surface area contributed by atoms with Gasteiger partial charge in [0.05, 0.1) is 0 Å². The fourth-order valence-electron chi connectivity index (χ4n) is 3.67. The van der Waals surface area contributed by atoms with Gasteiger partial charge in [-0.25, -0.2) is 4.39 Å². The van der Waals surface area contributed by atoms with E-state index >= 15 is 0 Å². The van der Waals surface area contributed by atoms with Gasteiger partial charge in [0.15, 0.2) is 0 Å². The minimum Gasteiger partial charge on any atom is -0.314 e. The first-order valence-corrected chi connectivity index (χ1v) is 8.75. The van der Waals surface area contributed by atoms with Crippen LogP contribution in [-0.4, -0.2) is 55.6 Å². The van der Waals surface area contributed by atoms with Crippen LogP contribution in [0.15, 0.2) is 24.3 Å². The molecule has 2 aliphatic rings. The molecule has 22 heavy (non-hydrogen) atoms. The standard InChI is InChI=1S/C18H28FN3/c19-17-7-5-16(6-8-17)18(22-13-9-20-10-14-22)15-21-11-3-1-2-4-12-21/h5-8,18,20H,1-4,9-15H2. The van der Waals surface area contributed by atoms with Gasteiger partial charge >= 0.3 is 0 Å². The number of nitrogens with zero attached hydrogens (tertiary/aromatic N) is 2. The van der Waals surface area contributed by atoms with Crippen molar-refractivity contribution in [3.8, 4) is 0 Å². The summed E-state index contributed by atoms with van der Waals surface area (Å²) in [4.78, 5) is 5.18. The van der Waals surface area contributed by atoms with Crippen LogP contribution in [0, 0.1) is 5.82 Å². The Bertz CT molecular complexity index is 434. The molecule has 2 fully saturated rings. The highest BCUT2D eigenvalue weighted by molar-refractivity contribution is 5.20. The molecule has 2 aliphatic heterocycles. The Kier molecular flexibility index (Phi) is 5.82. The third kappa shape index (κ3) is 4.28. The maximum Gasteiger partial charge on any atom is 0.123 e. The minimum absolute atomic E-state index is 0.141. The van der Waals surface area contributed by atoms with Gasteiger partial charge in [-0.1, -0.05) is 25.0 Å². The normalized spacial score (nSPS) is 23.1. The maximum atomic E-state index is 13.3. The summed E-state index contributed by atoms with van der Waals surface area (Å²) < 4.78 is 13.3. The Morgan fingerprint density at radius 3 is 2.18 bits per heavy atom. The van der Waals surface area contributed by atoms with Crippen LogP contribution in [-0.2, 0) is 0 Å². The lowest BCUT2D eigenvalue weighted by molar-refractivity contribution is 0.126. The topological polar surface area (TPSA) is 18.5 Å². The summed E-state index contributed by atoms with van der Waals surface area (Å²) in [7, 11) is 0. The van der Waals surface area contributed by atoms with Crippen molar-refractivity contribution in [2.75, 3.05) is 45.8 Å². The maximum absolute atomic E-state index is 13.3. The predicted octanol–water partition coefficient (Wildman–Crippen LogP) is 2.65. The van der Waals surface area contributed by atoms with Crippen molar-refractivity contribution in [1.82, 2.24) is 15.1 Å². The molecule has 2 heterocycles. The zero-order chi connectivity index (χ0) is 15.2. The molecule has 0 amide bonds. The van der Waals surface area contributed by atoms with Crippen molar-refractivity contribution >= 4 is 0 Å². The van der Waals surface area contributed by atoms with Gasteiger partial charge in [-0.3, -0.25) is 4.90 Å². The van der Waals surface area contributed by atoms with Crippen molar-refractivity contribution in [3.63, 3.8) is 0 Å². The van der Waals surface area contributed by atoms with E-state index in [1.54, 1.807) is 12.1 Å². The van der Waals surface area contributed by atoms with Crippen LogP contribution in [0.4, 0.5) is 4.39 Å². The summed E-state index contributed by atoms with van der Waals surface area (Å²) in [5, 5.41) is 3.43. The van der Waals surface area contributed by atoms with Crippen molar-refractivity contribution < 1.29 is 4.39 Å². The summed E-state index contributed by atoms with van der Waals surface area (Å²) in [5.41, 5.74) is 1.26. The van der Waals surface area contributed by atoms with Gasteiger partial charge in [0.1, 0.15) is 5.82 Å². The smallest absolute Gasteiger partial charge is 0.123 e. The number of likely N-dealkylation sites (tertiary alicyclic amines) is 1. The lowest BCUT2D eigenvalue weighted by Gasteiger charge is -2.38. The number of halogens is 1. The van der Waals surface area contributed by atoms with Crippen LogP contribution < -0.4 is 5.32 Å². The van der Waals surface area contributed by atoms with Gasteiger partial charge in [0, 0.05) is 38.8 Å². The molecule has 1 aromatic carbocycles. The van der Waals surface area contributed by atoms with E-state index in [9.17, 15) is 4.39 Å². The lowest BCUT2D eigenvalue weighted by atomic mass is 10.0. The number of rotatable bonds is 4. The molecule has 0 saturated carbocycles. The Hall–Kier alpha value is -0.970. The monoisotopic (exact) mass is 305 g/mol. The average molecular weight is 305 g/mol. The summed E-state index contributed by atoms with van der Waals surface area (Å²) in [5.74, 6) is -0.141. The molecular formula is C18H28FN3. The quantitative estimate of drug-likeness (QED) is 0.922. The zero-order valence-corrected chi connectivity index (χ0v) is 13.4. The van der Waals surface area contributed by atoms with E-state index in [1.165, 1.54) is 44.3 Å². The number of piperazine rings is 1. The highest BCUT2D eigenvalue weighted by Crippen LogP contribution is 2.24. The van der Waals surface area contributed by atoms with E-state index in [0.717, 1.165) is 32.7 Å². The number of hydrogen-bond donors (Lipinski definition) is 1. The molecule has 0 aliphatic carbocycles. The van der Waals surface area contributed by atoms with Crippen molar-refractivity contribution in [2.45, 2.75) is 31.7 Å². The number of benzene rings is 1. The van der Waals surface area contributed by atoms with Crippen LogP contribution in [0.3, 0.4) is 0 Å². The van der Waals surface area contributed by atoms with Gasteiger partial charge in [0.2, 0.25) is 0 Å². The first kappa shape index (κ1) is 15.9. The van der Waals surface area contributed by atoms with E-state index in [1.807, 2.05) is 12.1 Å². The van der Waals surface area contributed by atoms with Gasteiger partial charge in [-0.15, -0.1) is 0 Å². The van der Waals surface area contributed by atoms with E-state index in [2.05, 4.69) is 15.1 Å². The van der Waals surface area contributed by atoms with Crippen LogP contribution in [0.2, 0.25) is 0 Å². The first-order chi connectivity index (χ1) is 10.8. The average Bonchev–Trinajstić information content (AvgIpc) is 2.83. The molecule has 1 atom stereocenters. The second-order valence-electron chi connectivity index (χ2n) is 6.57. The molecule has 4 heteroatoms. The fourth-order valence-corrected chi connectivity index (χ4v) is 3.67. The molecule has 1 N–H and O–H groups in total. The largest absolute Gasteiger partial charge is 0.314 e. The molecule has 122 valence electrons. The number of hydrogen-bond acceptors (Lipinski definition) is 3. The second-order valence-corrected chi connectivity index (χ2v) is 6.57. The van der Waals surface area contributed by atoms with Crippen LogP contribution >= 0.6 is 0 Å². The minimum atomic E-state index is -0.141. The molecule has 0 radical (unpaired) electrons. The Morgan fingerprint density at radius 2 is 1.55 bits per heavy atom. The van der Waals surface area contributed by atoms with Crippen LogP contribution in [0.25, 0.3) is 0 Å². The third-order valence-electron chi connectivity index (χ3n) is 4.98. The van der Waals surface area contributed by atoms with Crippen molar-refractivity contribution in [2.24, 2.45) is 0 Å². The Balaban J connectivity index is 1.73.